The lowest BCUT2D eigenvalue weighted by Gasteiger charge is -2.40. The number of benzene rings is 2. The summed E-state index contributed by atoms with van der Waals surface area (Å²) in [4.78, 5) is 13.6. The van der Waals surface area contributed by atoms with Crippen molar-refractivity contribution in [3.05, 3.63) is 54.1 Å². The molecular weight excluding hydrogens is 338 g/mol. The molecule has 1 fully saturated rings. The van der Waals surface area contributed by atoms with Crippen molar-refractivity contribution in [1.82, 2.24) is 0 Å². The monoisotopic (exact) mass is 367 g/mol. The maximum Gasteiger partial charge on any atom is 0.133 e. The predicted octanol–water partition coefficient (Wildman–Crippen LogP) is 4.82. The molecule has 4 heteroatoms. The number of carbonyl (C=O) groups excluding carboxylic acids is 1. The van der Waals surface area contributed by atoms with E-state index in [0.29, 0.717) is 6.42 Å². The Morgan fingerprint density at radius 2 is 1.78 bits per heavy atom. The average molecular weight is 367 g/mol. The molecule has 3 rings (SSSR count). The minimum atomic E-state index is 0.175. The van der Waals surface area contributed by atoms with Gasteiger partial charge in [0.2, 0.25) is 0 Å². The van der Waals surface area contributed by atoms with E-state index in [9.17, 15) is 4.79 Å². The smallest absolute Gasteiger partial charge is 0.133 e. The summed E-state index contributed by atoms with van der Waals surface area (Å²) < 4.78 is 11.8. The van der Waals surface area contributed by atoms with E-state index < -0.39 is 0 Å². The highest BCUT2D eigenvalue weighted by Gasteiger charge is 2.29. The summed E-state index contributed by atoms with van der Waals surface area (Å²) in [6.07, 6.45) is 0.950. The molecule has 0 aromatic heterocycles. The van der Waals surface area contributed by atoms with Crippen LogP contribution in [-0.2, 0) is 4.79 Å². The van der Waals surface area contributed by atoms with E-state index in [-0.39, 0.29) is 23.9 Å². The average Bonchev–Trinajstić information content (AvgIpc) is 2.57. The van der Waals surface area contributed by atoms with E-state index in [4.69, 9.17) is 9.47 Å². The van der Waals surface area contributed by atoms with Crippen molar-refractivity contribution in [2.24, 2.45) is 0 Å². The van der Waals surface area contributed by atoms with Crippen LogP contribution in [0.25, 0.3) is 0 Å². The predicted molar refractivity (Wildman–Crippen MR) is 109 cm³/mol. The van der Waals surface area contributed by atoms with Crippen LogP contribution in [-0.4, -0.2) is 31.1 Å². The molecule has 0 saturated carbocycles. The minimum Gasteiger partial charge on any atom is -0.491 e. The standard InChI is InChI=1S/C23H29NO3/c1-16(2)26-22-7-5-6-20(13-22)24-14-23(15-24)27-21-10-8-19(9-11-21)17(3)12-18(4)25/h5-11,13,16-17,23H,12,14-15H2,1-4H3/t17-/m1/s1. The van der Waals surface area contributed by atoms with Crippen molar-refractivity contribution in [2.45, 2.75) is 52.2 Å². The van der Waals surface area contributed by atoms with Gasteiger partial charge in [0.25, 0.3) is 0 Å². The molecule has 0 unspecified atom stereocenters. The number of hydrogen-bond acceptors (Lipinski definition) is 4. The van der Waals surface area contributed by atoms with E-state index in [0.717, 1.165) is 24.6 Å². The molecule has 1 atom stereocenters. The van der Waals surface area contributed by atoms with E-state index >= 15 is 0 Å². The normalized spacial score (nSPS) is 15.4. The number of hydrogen-bond donors (Lipinski definition) is 0. The van der Waals surface area contributed by atoms with Gasteiger partial charge in [0, 0.05) is 18.2 Å². The van der Waals surface area contributed by atoms with Crippen molar-refractivity contribution < 1.29 is 14.3 Å². The molecule has 1 heterocycles. The Balaban J connectivity index is 1.51. The summed E-state index contributed by atoms with van der Waals surface area (Å²) in [5, 5.41) is 0. The van der Waals surface area contributed by atoms with Crippen molar-refractivity contribution in [3.63, 3.8) is 0 Å². The zero-order valence-corrected chi connectivity index (χ0v) is 16.6. The molecule has 0 spiro atoms. The van der Waals surface area contributed by atoms with Crippen molar-refractivity contribution in [1.29, 1.82) is 0 Å². The van der Waals surface area contributed by atoms with Crippen LogP contribution in [0.5, 0.6) is 11.5 Å². The zero-order valence-electron chi connectivity index (χ0n) is 16.6. The van der Waals surface area contributed by atoms with Crippen LogP contribution in [0.4, 0.5) is 5.69 Å². The first kappa shape index (κ1) is 19.3. The molecule has 0 radical (unpaired) electrons. The third kappa shape index (κ3) is 5.25. The molecule has 2 aromatic carbocycles. The third-order valence-electron chi connectivity index (χ3n) is 4.75. The highest BCUT2D eigenvalue weighted by atomic mass is 16.5. The first-order valence-corrected chi connectivity index (χ1v) is 9.68. The van der Waals surface area contributed by atoms with Crippen LogP contribution >= 0.6 is 0 Å². The summed E-state index contributed by atoms with van der Waals surface area (Å²) in [6.45, 7) is 9.53. The second kappa shape index (κ2) is 8.47. The Morgan fingerprint density at radius 1 is 1.07 bits per heavy atom. The molecular formula is C23H29NO3. The Morgan fingerprint density at radius 3 is 2.41 bits per heavy atom. The van der Waals surface area contributed by atoms with E-state index in [1.54, 1.807) is 6.92 Å². The fourth-order valence-corrected chi connectivity index (χ4v) is 3.37. The second-order valence-electron chi connectivity index (χ2n) is 7.69. The fraction of sp³-hybridized carbons (Fsp3) is 0.435. The highest BCUT2D eigenvalue weighted by Crippen LogP contribution is 2.28. The lowest BCUT2D eigenvalue weighted by molar-refractivity contribution is -0.117. The molecule has 0 aliphatic carbocycles. The largest absolute Gasteiger partial charge is 0.491 e. The molecule has 0 N–H and O–H groups in total. The first-order chi connectivity index (χ1) is 12.9. The fourth-order valence-electron chi connectivity index (χ4n) is 3.37. The van der Waals surface area contributed by atoms with Gasteiger partial charge in [-0.05, 0) is 56.5 Å². The molecule has 27 heavy (non-hydrogen) atoms. The molecule has 1 aliphatic heterocycles. The van der Waals surface area contributed by atoms with Gasteiger partial charge in [-0.2, -0.15) is 0 Å². The quantitative estimate of drug-likeness (QED) is 0.670. The van der Waals surface area contributed by atoms with Gasteiger partial charge in [-0.25, -0.2) is 0 Å². The molecule has 144 valence electrons. The first-order valence-electron chi connectivity index (χ1n) is 9.68. The third-order valence-corrected chi connectivity index (χ3v) is 4.75. The highest BCUT2D eigenvalue weighted by molar-refractivity contribution is 5.76. The van der Waals surface area contributed by atoms with Gasteiger partial charge < -0.3 is 19.2 Å². The molecule has 0 bridgehead atoms. The van der Waals surface area contributed by atoms with Gasteiger partial charge in [-0.15, -0.1) is 0 Å². The van der Waals surface area contributed by atoms with E-state index in [1.165, 1.54) is 11.3 Å². The van der Waals surface area contributed by atoms with Gasteiger partial charge in [0.1, 0.15) is 23.4 Å². The Kier molecular flexibility index (Phi) is 6.04. The van der Waals surface area contributed by atoms with Gasteiger partial charge >= 0.3 is 0 Å². The van der Waals surface area contributed by atoms with Crippen LogP contribution < -0.4 is 14.4 Å². The van der Waals surface area contributed by atoms with Crippen LogP contribution in [0.15, 0.2) is 48.5 Å². The van der Waals surface area contributed by atoms with Crippen LogP contribution in [0, 0.1) is 0 Å². The number of ketones is 1. The Bertz CT molecular complexity index is 763. The summed E-state index contributed by atoms with van der Waals surface area (Å²) in [5.41, 5.74) is 2.34. The topological polar surface area (TPSA) is 38.8 Å². The van der Waals surface area contributed by atoms with Gasteiger partial charge in [0.15, 0.2) is 0 Å². The number of carbonyl (C=O) groups is 1. The van der Waals surface area contributed by atoms with E-state index in [2.05, 4.69) is 36.1 Å². The summed E-state index contributed by atoms with van der Waals surface area (Å²) >= 11 is 0. The number of Topliss-reactive ketones (excluding diaryl/α,β-unsaturated/α-hetero) is 1. The number of nitrogens with zero attached hydrogens (tertiary/aromatic N) is 1. The molecule has 1 aliphatic rings. The van der Waals surface area contributed by atoms with Crippen molar-refractivity contribution in [3.8, 4) is 11.5 Å². The number of rotatable bonds is 8. The molecule has 2 aromatic rings. The van der Waals surface area contributed by atoms with E-state index in [1.807, 2.05) is 38.1 Å². The van der Waals surface area contributed by atoms with Gasteiger partial charge in [0.05, 0.1) is 19.2 Å². The van der Waals surface area contributed by atoms with Crippen molar-refractivity contribution >= 4 is 11.5 Å². The number of ether oxygens (including phenoxy) is 2. The maximum absolute atomic E-state index is 11.3. The maximum atomic E-state index is 11.3. The SMILES string of the molecule is CC(=O)C[C@@H](C)c1ccc(OC2CN(c3cccc(OC(C)C)c3)C2)cc1. The molecule has 4 nitrogen and oxygen atoms in total. The lowest BCUT2D eigenvalue weighted by Crippen LogP contribution is -2.54. The number of anilines is 1. The van der Waals surface area contributed by atoms with Crippen LogP contribution in [0.2, 0.25) is 0 Å². The van der Waals surface area contributed by atoms with Gasteiger partial charge in [-0.1, -0.05) is 25.1 Å². The lowest BCUT2D eigenvalue weighted by atomic mass is 9.96. The molecule has 1 saturated heterocycles. The Labute approximate surface area is 162 Å². The summed E-state index contributed by atoms with van der Waals surface area (Å²) in [7, 11) is 0. The minimum absolute atomic E-state index is 0.175. The Hall–Kier alpha value is -2.49. The van der Waals surface area contributed by atoms with Gasteiger partial charge in [-0.3, -0.25) is 0 Å². The summed E-state index contributed by atoms with van der Waals surface area (Å²) in [6, 6.07) is 16.3. The van der Waals surface area contributed by atoms with Crippen LogP contribution in [0.1, 0.15) is 45.6 Å². The molecule has 0 amide bonds. The van der Waals surface area contributed by atoms with Crippen LogP contribution in [0.3, 0.4) is 0 Å². The van der Waals surface area contributed by atoms with Crippen molar-refractivity contribution in [2.75, 3.05) is 18.0 Å². The second-order valence-corrected chi connectivity index (χ2v) is 7.69. The summed E-state index contributed by atoms with van der Waals surface area (Å²) in [5.74, 6) is 2.26. The zero-order chi connectivity index (χ0) is 19.4.